The molecule has 3 heteroatoms. The Hall–Kier alpha value is -0.860. The summed E-state index contributed by atoms with van der Waals surface area (Å²) in [6.45, 7) is 1.64. The number of hydrogen-bond donors (Lipinski definition) is 0. The SMILES string of the molecule is O=CCC1CCN(C=O)CC1. The zero-order valence-electron chi connectivity index (χ0n) is 6.53. The maximum atomic E-state index is 10.3. The molecule has 0 radical (unpaired) electrons. The van der Waals surface area contributed by atoms with Crippen LogP contribution in [0.5, 0.6) is 0 Å². The van der Waals surface area contributed by atoms with Gasteiger partial charge in [-0.15, -0.1) is 0 Å². The van der Waals surface area contributed by atoms with Gasteiger partial charge in [0.2, 0.25) is 6.41 Å². The highest BCUT2D eigenvalue weighted by molar-refractivity contribution is 5.50. The molecule has 1 fully saturated rings. The lowest BCUT2D eigenvalue weighted by atomic mass is 9.95. The zero-order chi connectivity index (χ0) is 8.10. The molecule has 0 bridgehead atoms. The first kappa shape index (κ1) is 8.24. The second kappa shape index (κ2) is 4.11. The highest BCUT2D eigenvalue weighted by Crippen LogP contribution is 2.17. The van der Waals surface area contributed by atoms with Crippen molar-refractivity contribution in [2.45, 2.75) is 19.3 Å². The van der Waals surface area contributed by atoms with E-state index in [0.29, 0.717) is 12.3 Å². The summed E-state index contributed by atoms with van der Waals surface area (Å²) in [7, 11) is 0. The Labute approximate surface area is 66.4 Å². The molecule has 0 unspecified atom stereocenters. The first-order chi connectivity index (χ1) is 5.36. The lowest BCUT2D eigenvalue weighted by Gasteiger charge is -2.27. The van der Waals surface area contributed by atoms with Crippen LogP contribution in [0, 0.1) is 5.92 Å². The van der Waals surface area contributed by atoms with E-state index in [1.807, 2.05) is 0 Å². The molecule has 1 saturated heterocycles. The number of nitrogens with zero attached hydrogens (tertiary/aromatic N) is 1. The lowest BCUT2D eigenvalue weighted by molar-refractivity contribution is -0.119. The third-order valence-electron chi connectivity index (χ3n) is 2.23. The van der Waals surface area contributed by atoms with E-state index in [4.69, 9.17) is 0 Å². The number of likely N-dealkylation sites (tertiary alicyclic amines) is 1. The predicted octanol–water partition coefficient (Wildman–Crippen LogP) is 0.444. The van der Waals surface area contributed by atoms with Gasteiger partial charge >= 0.3 is 0 Å². The Balaban J connectivity index is 2.23. The number of carbonyl (C=O) groups excluding carboxylic acids is 2. The van der Waals surface area contributed by atoms with Gasteiger partial charge in [0.25, 0.3) is 0 Å². The minimum atomic E-state index is 0.517. The van der Waals surface area contributed by atoms with Crippen LogP contribution in [0.4, 0.5) is 0 Å². The lowest BCUT2D eigenvalue weighted by Crippen LogP contribution is -2.32. The third-order valence-corrected chi connectivity index (χ3v) is 2.23. The van der Waals surface area contributed by atoms with Crippen LogP contribution in [0.15, 0.2) is 0 Å². The molecule has 1 aliphatic heterocycles. The van der Waals surface area contributed by atoms with E-state index in [9.17, 15) is 9.59 Å². The molecule has 3 nitrogen and oxygen atoms in total. The van der Waals surface area contributed by atoms with Crippen molar-refractivity contribution >= 4 is 12.7 Å². The summed E-state index contributed by atoms with van der Waals surface area (Å²) in [6.07, 6.45) is 4.49. The second-order valence-electron chi connectivity index (χ2n) is 2.99. The summed E-state index contributed by atoms with van der Waals surface area (Å²) >= 11 is 0. The van der Waals surface area contributed by atoms with Gasteiger partial charge in [0.15, 0.2) is 0 Å². The summed E-state index contributed by atoms with van der Waals surface area (Å²) in [5, 5.41) is 0. The number of amides is 1. The molecule has 0 spiro atoms. The minimum absolute atomic E-state index is 0.517. The van der Waals surface area contributed by atoms with Crippen LogP contribution >= 0.6 is 0 Å². The standard InChI is InChI=1S/C8H13NO2/c10-6-3-8-1-4-9(7-11)5-2-8/h6-8H,1-5H2. The number of aldehydes is 1. The van der Waals surface area contributed by atoms with Crippen LogP contribution in [0.25, 0.3) is 0 Å². The monoisotopic (exact) mass is 155 g/mol. The number of piperidine rings is 1. The van der Waals surface area contributed by atoms with E-state index < -0.39 is 0 Å². The number of hydrogen-bond acceptors (Lipinski definition) is 2. The maximum absolute atomic E-state index is 10.3. The summed E-state index contributed by atoms with van der Waals surface area (Å²) in [5.41, 5.74) is 0. The largest absolute Gasteiger partial charge is 0.345 e. The quantitative estimate of drug-likeness (QED) is 0.555. The summed E-state index contributed by atoms with van der Waals surface area (Å²) in [6, 6.07) is 0. The van der Waals surface area contributed by atoms with Crippen LogP contribution in [0.1, 0.15) is 19.3 Å². The molecule has 1 amide bonds. The fourth-order valence-corrected chi connectivity index (χ4v) is 1.43. The molecule has 62 valence electrons. The van der Waals surface area contributed by atoms with E-state index in [0.717, 1.165) is 38.6 Å². The van der Waals surface area contributed by atoms with E-state index >= 15 is 0 Å². The fraction of sp³-hybridized carbons (Fsp3) is 0.750. The molecule has 0 aliphatic carbocycles. The average Bonchev–Trinajstić information content (AvgIpc) is 2.07. The summed E-state index contributed by atoms with van der Waals surface area (Å²) < 4.78 is 0. The van der Waals surface area contributed by atoms with Gasteiger partial charge < -0.3 is 9.69 Å². The van der Waals surface area contributed by atoms with Gasteiger partial charge in [-0.05, 0) is 18.8 Å². The van der Waals surface area contributed by atoms with Gasteiger partial charge in [-0.3, -0.25) is 4.79 Å². The molecule has 0 atom stereocenters. The maximum Gasteiger partial charge on any atom is 0.209 e. The molecular weight excluding hydrogens is 142 g/mol. The number of rotatable bonds is 3. The Bertz CT molecular complexity index is 139. The van der Waals surface area contributed by atoms with Crippen molar-refractivity contribution in [2.75, 3.05) is 13.1 Å². The minimum Gasteiger partial charge on any atom is -0.345 e. The zero-order valence-corrected chi connectivity index (χ0v) is 6.53. The molecule has 0 N–H and O–H groups in total. The van der Waals surface area contributed by atoms with Crippen molar-refractivity contribution in [1.29, 1.82) is 0 Å². The van der Waals surface area contributed by atoms with Gasteiger partial charge in [0, 0.05) is 19.5 Å². The Morgan fingerprint density at radius 2 is 1.91 bits per heavy atom. The molecule has 0 aromatic carbocycles. The highest BCUT2D eigenvalue weighted by Gasteiger charge is 2.16. The number of carbonyl (C=O) groups is 2. The van der Waals surface area contributed by atoms with Crippen LogP contribution in [-0.2, 0) is 9.59 Å². The Morgan fingerprint density at radius 3 is 2.36 bits per heavy atom. The van der Waals surface area contributed by atoms with Crippen molar-refractivity contribution in [3.8, 4) is 0 Å². The van der Waals surface area contributed by atoms with Gasteiger partial charge in [0.1, 0.15) is 6.29 Å². The second-order valence-corrected chi connectivity index (χ2v) is 2.99. The molecule has 0 saturated carbocycles. The van der Waals surface area contributed by atoms with E-state index in [-0.39, 0.29) is 0 Å². The Kier molecular flexibility index (Phi) is 3.08. The van der Waals surface area contributed by atoms with Gasteiger partial charge in [0.05, 0.1) is 0 Å². The fourth-order valence-electron chi connectivity index (χ4n) is 1.43. The molecule has 0 aromatic rings. The molecule has 11 heavy (non-hydrogen) atoms. The predicted molar refractivity (Wildman–Crippen MR) is 41.0 cm³/mol. The third kappa shape index (κ3) is 2.33. The first-order valence-electron chi connectivity index (χ1n) is 4.00. The van der Waals surface area contributed by atoms with Crippen molar-refractivity contribution < 1.29 is 9.59 Å². The molecule has 1 rings (SSSR count). The van der Waals surface area contributed by atoms with Crippen LogP contribution in [0.3, 0.4) is 0 Å². The summed E-state index contributed by atoms with van der Waals surface area (Å²) in [5.74, 6) is 0.517. The normalized spacial score (nSPS) is 19.8. The van der Waals surface area contributed by atoms with E-state index in [1.54, 1.807) is 4.90 Å². The first-order valence-corrected chi connectivity index (χ1v) is 4.00. The van der Waals surface area contributed by atoms with Gasteiger partial charge in [-0.1, -0.05) is 0 Å². The van der Waals surface area contributed by atoms with Crippen molar-refractivity contribution in [3.05, 3.63) is 0 Å². The van der Waals surface area contributed by atoms with Crippen molar-refractivity contribution in [1.82, 2.24) is 4.90 Å². The van der Waals surface area contributed by atoms with E-state index in [2.05, 4.69) is 0 Å². The average molecular weight is 155 g/mol. The van der Waals surface area contributed by atoms with Gasteiger partial charge in [-0.25, -0.2) is 0 Å². The van der Waals surface area contributed by atoms with Gasteiger partial charge in [-0.2, -0.15) is 0 Å². The molecule has 1 heterocycles. The van der Waals surface area contributed by atoms with Crippen LogP contribution in [-0.4, -0.2) is 30.7 Å². The van der Waals surface area contributed by atoms with Crippen molar-refractivity contribution in [3.63, 3.8) is 0 Å². The topological polar surface area (TPSA) is 37.4 Å². The van der Waals surface area contributed by atoms with E-state index in [1.165, 1.54) is 0 Å². The smallest absolute Gasteiger partial charge is 0.209 e. The Morgan fingerprint density at radius 1 is 1.27 bits per heavy atom. The molecule has 1 aliphatic rings. The van der Waals surface area contributed by atoms with Crippen LogP contribution < -0.4 is 0 Å². The van der Waals surface area contributed by atoms with Crippen molar-refractivity contribution in [2.24, 2.45) is 5.92 Å². The summed E-state index contributed by atoms with van der Waals surface area (Å²) in [4.78, 5) is 22.2. The molecule has 0 aromatic heterocycles. The molecular formula is C8H13NO2. The highest BCUT2D eigenvalue weighted by atomic mass is 16.1. The van der Waals surface area contributed by atoms with Crippen LogP contribution in [0.2, 0.25) is 0 Å².